The standard InChI is InChI=1S/C8H11BrS/c1-2-7-3-4-8(10-7)5-6-9/h3-4H,2,5-6H2,1H3. The third-order valence-corrected chi connectivity index (χ3v) is 3.09. The lowest BCUT2D eigenvalue weighted by atomic mass is 10.3. The van der Waals surface area contributed by atoms with Crippen LogP contribution in [0, 0.1) is 0 Å². The van der Waals surface area contributed by atoms with Crippen molar-refractivity contribution in [3.05, 3.63) is 21.9 Å². The Balaban J connectivity index is 2.59. The summed E-state index contributed by atoms with van der Waals surface area (Å²) < 4.78 is 0. The number of hydrogen-bond donors (Lipinski definition) is 0. The minimum Gasteiger partial charge on any atom is -0.145 e. The minimum absolute atomic E-state index is 1.08. The van der Waals surface area contributed by atoms with E-state index >= 15 is 0 Å². The average Bonchev–Trinajstić information content (AvgIpc) is 2.37. The first-order valence-electron chi connectivity index (χ1n) is 3.50. The van der Waals surface area contributed by atoms with E-state index in [0.717, 1.165) is 5.33 Å². The number of halogens is 1. The Kier molecular flexibility index (Phi) is 3.43. The molecule has 0 aromatic carbocycles. The number of aryl methyl sites for hydroxylation is 2. The Bertz CT molecular complexity index is 193. The molecule has 0 saturated carbocycles. The van der Waals surface area contributed by atoms with Gasteiger partial charge in [-0.1, -0.05) is 22.9 Å². The fourth-order valence-electron chi connectivity index (χ4n) is 0.840. The van der Waals surface area contributed by atoms with Gasteiger partial charge < -0.3 is 0 Å². The molecule has 0 amide bonds. The fourth-order valence-corrected chi connectivity index (χ4v) is 2.49. The van der Waals surface area contributed by atoms with E-state index in [9.17, 15) is 0 Å². The third-order valence-electron chi connectivity index (χ3n) is 1.41. The zero-order chi connectivity index (χ0) is 7.40. The van der Waals surface area contributed by atoms with Gasteiger partial charge in [-0.3, -0.25) is 0 Å². The summed E-state index contributed by atoms with van der Waals surface area (Å²) >= 11 is 5.35. The van der Waals surface area contributed by atoms with Crippen molar-refractivity contribution in [2.45, 2.75) is 19.8 Å². The maximum Gasteiger partial charge on any atom is 0.00796 e. The normalized spacial score (nSPS) is 10.2. The van der Waals surface area contributed by atoms with E-state index in [1.165, 1.54) is 22.6 Å². The third kappa shape index (κ3) is 2.10. The van der Waals surface area contributed by atoms with Crippen LogP contribution in [-0.4, -0.2) is 5.33 Å². The van der Waals surface area contributed by atoms with Crippen LogP contribution in [0.5, 0.6) is 0 Å². The van der Waals surface area contributed by atoms with Crippen molar-refractivity contribution in [2.75, 3.05) is 5.33 Å². The largest absolute Gasteiger partial charge is 0.145 e. The van der Waals surface area contributed by atoms with Gasteiger partial charge in [0.25, 0.3) is 0 Å². The zero-order valence-electron chi connectivity index (χ0n) is 6.06. The molecule has 0 nitrogen and oxygen atoms in total. The first-order chi connectivity index (χ1) is 4.86. The smallest absolute Gasteiger partial charge is 0.00796 e. The average molecular weight is 219 g/mol. The summed E-state index contributed by atoms with van der Waals surface area (Å²) in [5.74, 6) is 0. The molecule has 0 atom stereocenters. The van der Waals surface area contributed by atoms with Gasteiger partial charge >= 0.3 is 0 Å². The lowest BCUT2D eigenvalue weighted by Gasteiger charge is -1.87. The molecule has 0 radical (unpaired) electrons. The number of alkyl halides is 1. The van der Waals surface area contributed by atoms with Crippen molar-refractivity contribution in [3.8, 4) is 0 Å². The van der Waals surface area contributed by atoms with E-state index < -0.39 is 0 Å². The van der Waals surface area contributed by atoms with Gasteiger partial charge in [-0.25, -0.2) is 0 Å². The Morgan fingerprint density at radius 1 is 1.40 bits per heavy atom. The summed E-state index contributed by atoms with van der Waals surface area (Å²) in [5, 5.41) is 1.08. The zero-order valence-corrected chi connectivity index (χ0v) is 8.46. The van der Waals surface area contributed by atoms with Crippen LogP contribution in [0.2, 0.25) is 0 Å². The second kappa shape index (κ2) is 4.14. The summed E-state index contributed by atoms with van der Waals surface area (Å²) in [4.78, 5) is 2.99. The van der Waals surface area contributed by atoms with E-state index in [0.29, 0.717) is 0 Å². The van der Waals surface area contributed by atoms with Crippen LogP contribution in [0.1, 0.15) is 16.7 Å². The monoisotopic (exact) mass is 218 g/mol. The van der Waals surface area contributed by atoms with Crippen LogP contribution in [0.4, 0.5) is 0 Å². The van der Waals surface area contributed by atoms with E-state index in [2.05, 4.69) is 35.0 Å². The predicted octanol–water partition coefficient (Wildman–Crippen LogP) is 3.25. The number of hydrogen-bond acceptors (Lipinski definition) is 1. The van der Waals surface area contributed by atoms with E-state index in [1.807, 2.05) is 11.3 Å². The maximum atomic E-state index is 3.42. The molecule has 10 heavy (non-hydrogen) atoms. The molecular weight excluding hydrogens is 208 g/mol. The topological polar surface area (TPSA) is 0 Å². The van der Waals surface area contributed by atoms with Gasteiger partial charge in [-0.15, -0.1) is 11.3 Å². The second-order valence-corrected chi connectivity index (χ2v) is 4.21. The molecule has 0 spiro atoms. The summed E-state index contributed by atoms with van der Waals surface area (Å²) in [5.41, 5.74) is 0. The van der Waals surface area contributed by atoms with E-state index in [4.69, 9.17) is 0 Å². The highest BCUT2D eigenvalue weighted by molar-refractivity contribution is 9.09. The molecule has 56 valence electrons. The molecule has 0 fully saturated rings. The lowest BCUT2D eigenvalue weighted by molar-refractivity contribution is 1.19. The molecular formula is C8H11BrS. The van der Waals surface area contributed by atoms with Gasteiger partial charge in [0.15, 0.2) is 0 Å². The van der Waals surface area contributed by atoms with Gasteiger partial charge in [-0.2, -0.15) is 0 Å². The van der Waals surface area contributed by atoms with Crippen LogP contribution in [-0.2, 0) is 12.8 Å². The molecule has 1 heterocycles. The highest BCUT2D eigenvalue weighted by Gasteiger charge is 1.95. The first-order valence-corrected chi connectivity index (χ1v) is 5.44. The minimum atomic E-state index is 1.08. The van der Waals surface area contributed by atoms with Crippen molar-refractivity contribution in [1.82, 2.24) is 0 Å². The highest BCUT2D eigenvalue weighted by atomic mass is 79.9. The fraction of sp³-hybridized carbons (Fsp3) is 0.500. The molecule has 0 bridgehead atoms. The van der Waals surface area contributed by atoms with Crippen molar-refractivity contribution in [1.29, 1.82) is 0 Å². The van der Waals surface area contributed by atoms with Crippen molar-refractivity contribution in [3.63, 3.8) is 0 Å². The number of rotatable bonds is 3. The number of thiophene rings is 1. The van der Waals surface area contributed by atoms with Crippen LogP contribution in [0.25, 0.3) is 0 Å². The SMILES string of the molecule is CCc1ccc(CCBr)s1. The van der Waals surface area contributed by atoms with Crippen molar-refractivity contribution in [2.24, 2.45) is 0 Å². The molecule has 0 N–H and O–H groups in total. The Hall–Kier alpha value is 0.180. The van der Waals surface area contributed by atoms with Crippen LogP contribution in [0.3, 0.4) is 0 Å². The maximum absolute atomic E-state index is 3.42. The quantitative estimate of drug-likeness (QED) is 0.684. The predicted molar refractivity (Wildman–Crippen MR) is 51.2 cm³/mol. The summed E-state index contributed by atoms with van der Waals surface area (Å²) in [7, 11) is 0. The summed E-state index contributed by atoms with van der Waals surface area (Å²) in [6.07, 6.45) is 2.34. The molecule has 0 saturated heterocycles. The molecule has 1 rings (SSSR count). The Morgan fingerprint density at radius 2 is 2.10 bits per heavy atom. The molecule has 0 unspecified atom stereocenters. The molecule has 1 aromatic heterocycles. The van der Waals surface area contributed by atoms with Crippen LogP contribution in [0.15, 0.2) is 12.1 Å². The van der Waals surface area contributed by atoms with E-state index in [-0.39, 0.29) is 0 Å². The van der Waals surface area contributed by atoms with E-state index in [1.54, 1.807) is 0 Å². The highest BCUT2D eigenvalue weighted by Crippen LogP contribution is 2.17. The molecule has 0 aliphatic carbocycles. The Morgan fingerprint density at radius 3 is 2.60 bits per heavy atom. The van der Waals surface area contributed by atoms with Crippen LogP contribution < -0.4 is 0 Å². The molecule has 0 aliphatic heterocycles. The van der Waals surface area contributed by atoms with Crippen LogP contribution >= 0.6 is 27.3 Å². The van der Waals surface area contributed by atoms with Crippen molar-refractivity contribution < 1.29 is 0 Å². The summed E-state index contributed by atoms with van der Waals surface area (Å²) in [6, 6.07) is 4.45. The summed E-state index contributed by atoms with van der Waals surface area (Å²) in [6.45, 7) is 2.20. The Labute approximate surface area is 74.4 Å². The lowest BCUT2D eigenvalue weighted by Crippen LogP contribution is -1.76. The second-order valence-electron chi connectivity index (χ2n) is 2.16. The van der Waals surface area contributed by atoms with Gasteiger partial charge in [-0.05, 0) is 25.0 Å². The van der Waals surface area contributed by atoms with Gasteiger partial charge in [0, 0.05) is 15.1 Å². The van der Waals surface area contributed by atoms with Gasteiger partial charge in [0.2, 0.25) is 0 Å². The molecule has 2 heteroatoms. The first kappa shape index (κ1) is 8.28. The van der Waals surface area contributed by atoms with Crippen molar-refractivity contribution >= 4 is 27.3 Å². The molecule has 1 aromatic rings. The van der Waals surface area contributed by atoms with Gasteiger partial charge in [0.05, 0.1) is 0 Å². The molecule has 0 aliphatic rings. The van der Waals surface area contributed by atoms with Gasteiger partial charge in [0.1, 0.15) is 0 Å².